The second-order valence-corrected chi connectivity index (χ2v) is 1.92. The third-order valence-corrected chi connectivity index (χ3v) is 1.19. The molecule has 1 heterocycles. The van der Waals surface area contributed by atoms with Crippen molar-refractivity contribution in [3.05, 3.63) is 23.7 Å². The molecule has 0 aliphatic rings. The van der Waals surface area contributed by atoms with E-state index in [9.17, 15) is 0 Å². The van der Waals surface area contributed by atoms with Crippen molar-refractivity contribution < 1.29 is 4.42 Å². The van der Waals surface area contributed by atoms with Gasteiger partial charge in [0.25, 0.3) is 0 Å². The molecule has 0 fully saturated rings. The summed E-state index contributed by atoms with van der Waals surface area (Å²) in [6.07, 6.45) is 2.87. The van der Waals surface area contributed by atoms with Gasteiger partial charge in [-0.3, -0.25) is 0 Å². The van der Waals surface area contributed by atoms with Gasteiger partial charge in [0, 0.05) is 0 Å². The van der Waals surface area contributed by atoms with Crippen LogP contribution < -0.4 is 0 Å². The summed E-state index contributed by atoms with van der Waals surface area (Å²) in [4.78, 5) is 0. The van der Waals surface area contributed by atoms with Crippen molar-refractivity contribution in [1.82, 2.24) is 0 Å². The Morgan fingerprint density at radius 3 is 2.20 bits per heavy atom. The number of rotatable bonds is 1. The lowest BCUT2D eigenvalue weighted by molar-refractivity contribution is 0.532. The fraction of sp³-hybridized carbons (Fsp3) is 0.556. The van der Waals surface area contributed by atoms with Gasteiger partial charge in [0.05, 0.1) is 6.26 Å². The van der Waals surface area contributed by atoms with Crippen LogP contribution in [-0.2, 0) is 6.42 Å². The fourth-order valence-corrected chi connectivity index (χ4v) is 0.683. The van der Waals surface area contributed by atoms with E-state index in [0.29, 0.717) is 0 Å². The lowest BCUT2D eigenvalue weighted by atomic mass is 10.2. The molecule has 0 bridgehead atoms. The van der Waals surface area contributed by atoms with E-state index in [1.54, 1.807) is 6.26 Å². The first-order valence-corrected chi connectivity index (χ1v) is 3.87. The van der Waals surface area contributed by atoms with Crippen LogP contribution >= 0.6 is 0 Å². The Balaban J connectivity index is 0.000000371. The van der Waals surface area contributed by atoms with Crippen molar-refractivity contribution in [2.75, 3.05) is 0 Å². The van der Waals surface area contributed by atoms with Crippen molar-refractivity contribution in [1.29, 1.82) is 0 Å². The molecule has 0 aliphatic heterocycles. The van der Waals surface area contributed by atoms with Crippen molar-refractivity contribution in [3.8, 4) is 0 Å². The molecule has 1 aromatic rings. The first-order chi connectivity index (χ1) is 4.83. The average Bonchev–Trinajstić information content (AvgIpc) is 2.40. The van der Waals surface area contributed by atoms with Gasteiger partial charge < -0.3 is 4.42 Å². The zero-order valence-electron chi connectivity index (χ0n) is 7.27. The van der Waals surface area contributed by atoms with E-state index in [1.807, 2.05) is 20.8 Å². The quantitative estimate of drug-likeness (QED) is 0.584. The minimum atomic E-state index is 1.00. The smallest absolute Gasteiger partial charge is 0.100 e. The maximum atomic E-state index is 5.06. The molecule has 1 nitrogen and oxygen atoms in total. The molecule has 1 aromatic heterocycles. The Morgan fingerprint density at radius 1 is 1.40 bits per heavy atom. The summed E-state index contributed by atoms with van der Waals surface area (Å²) in [5.74, 6) is 1.00. The Kier molecular flexibility index (Phi) is 4.73. The normalized spacial score (nSPS) is 8.40. The highest BCUT2D eigenvalue weighted by atomic mass is 16.3. The molecular formula is C9H16O. The van der Waals surface area contributed by atoms with E-state index < -0.39 is 0 Å². The molecule has 0 N–H and O–H groups in total. The Bertz CT molecular complexity index is 165. The molecule has 0 spiro atoms. The highest BCUT2D eigenvalue weighted by Crippen LogP contribution is 2.05. The molecular weight excluding hydrogens is 124 g/mol. The second kappa shape index (κ2) is 5.10. The number of furan rings is 1. The summed E-state index contributed by atoms with van der Waals surface area (Å²) in [7, 11) is 0. The molecule has 1 rings (SSSR count). The second-order valence-electron chi connectivity index (χ2n) is 1.92. The lowest BCUT2D eigenvalue weighted by Gasteiger charge is -1.77. The van der Waals surface area contributed by atoms with Gasteiger partial charge in [0.15, 0.2) is 0 Å². The van der Waals surface area contributed by atoms with Gasteiger partial charge in [-0.15, -0.1) is 0 Å². The fourth-order valence-electron chi connectivity index (χ4n) is 0.683. The van der Waals surface area contributed by atoms with Crippen LogP contribution in [0.25, 0.3) is 0 Å². The Hall–Kier alpha value is -0.720. The summed E-state index contributed by atoms with van der Waals surface area (Å²) in [6, 6.07) is 2.06. The average molecular weight is 140 g/mol. The van der Waals surface area contributed by atoms with Crippen LogP contribution in [0, 0.1) is 6.92 Å². The maximum absolute atomic E-state index is 5.06. The largest absolute Gasteiger partial charge is 0.469 e. The van der Waals surface area contributed by atoms with E-state index in [4.69, 9.17) is 4.42 Å². The third-order valence-electron chi connectivity index (χ3n) is 1.19. The van der Waals surface area contributed by atoms with E-state index in [2.05, 4.69) is 13.0 Å². The molecule has 10 heavy (non-hydrogen) atoms. The summed E-state index contributed by atoms with van der Waals surface area (Å²) >= 11 is 0. The molecule has 0 amide bonds. The topological polar surface area (TPSA) is 13.1 Å². The molecule has 58 valence electrons. The van der Waals surface area contributed by atoms with Crippen LogP contribution in [0.2, 0.25) is 0 Å². The van der Waals surface area contributed by atoms with Crippen LogP contribution in [0.5, 0.6) is 0 Å². The van der Waals surface area contributed by atoms with Gasteiger partial charge in [0.1, 0.15) is 5.76 Å². The van der Waals surface area contributed by atoms with Crippen molar-refractivity contribution in [2.45, 2.75) is 34.1 Å². The predicted molar refractivity (Wildman–Crippen MR) is 44.2 cm³/mol. The first kappa shape index (κ1) is 9.28. The summed E-state index contributed by atoms with van der Waals surface area (Å²) < 4.78 is 5.06. The zero-order chi connectivity index (χ0) is 7.98. The molecule has 0 aromatic carbocycles. The minimum Gasteiger partial charge on any atom is -0.469 e. The van der Waals surface area contributed by atoms with Crippen LogP contribution in [0.15, 0.2) is 16.7 Å². The number of hydrogen-bond acceptors (Lipinski definition) is 1. The Morgan fingerprint density at radius 2 is 2.00 bits per heavy atom. The van der Waals surface area contributed by atoms with Gasteiger partial charge in [0.2, 0.25) is 0 Å². The molecule has 0 aliphatic carbocycles. The van der Waals surface area contributed by atoms with E-state index >= 15 is 0 Å². The lowest BCUT2D eigenvalue weighted by Crippen LogP contribution is -1.67. The van der Waals surface area contributed by atoms with Crippen LogP contribution in [-0.4, -0.2) is 0 Å². The highest BCUT2D eigenvalue weighted by Gasteiger charge is 1.90. The van der Waals surface area contributed by atoms with E-state index in [1.165, 1.54) is 5.56 Å². The molecule has 0 atom stereocenters. The molecule has 0 saturated carbocycles. The third kappa shape index (κ3) is 2.72. The SMILES string of the molecule is CC.CCc1coc(C)c1. The predicted octanol–water partition coefficient (Wildman–Crippen LogP) is 3.18. The maximum Gasteiger partial charge on any atom is 0.100 e. The number of aryl methyl sites for hydroxylation is 2. The molecule has 0 radical (unpaired) electrons. The van der Waals surface area contributed by atoms with E-state index in [0.717, 1.165) is 12.2 Å². The van der Waals surface area contributed by atoms with Gasteiger partial charge in [-0.2, -0.15) is 0 Å². The van der Waals surface area contributed by atoms with E-state index in [-0.39, 0.29) is 0 Å². The van der Waals surface area contributed by atoms with Gasteiger partial charge in [-0.25, -0.2) is 0 Å². The van der Waals surface area contributed by atoms with Crippen LogP contribution in [0.1, 0.15) is 32.1 Å². The van der Waals surface area contributed by atoms with Gasteiger partial charge in [-0.05, 0) is 25.0 Å². The highest BCUT2D eigenvalue weighted by molar-refractivity contribution is 5.10. The van der Waals surface area contributed by atoms with Gasteiger partial charge in [-0.1, -0.05) is 20.8 Å². The number of hydrogen-bond donors (Lipinski definition) is 0. The summed E-state index contributed by atoms with van der Waals surface area (Å²) in [5, 5.41) is 0. The summed E-state index contributed by atoms with van der Waals surface area (Å²) in [6.45, 7) is 8.07. The van der Waals surface area contributed by atoms with Crippen molar-refractivity contribution in [3.63, 3.8) is 0 Å². The van der Waals surface area contributed by atoms with Crippen molar-refractivity contribution in [2.24, 2.45) is 0 Å². The zero-order valence-corrected chi connectivity index (χ0v) is 7.27. The van der Waals surface area contributed by atoms with Crippen LogP contribution in [0.3, 0.4) is 0 Å². The van der Waals surface area contributed by atoms with Crippen molar-refractivity contribution >= 4 is 0 Å². The molecule has 1 heteroatoms. The molecule has 0 saturated heterocycles. The standard InChI is InChI=1S/C7H10O.C2H6/c1-3-7-4-6(2)8-5-7;1-2/h4-5H,3H2,1-2H3;1-2H3. The summed E-state index contributed by atoms with van der Waals surface area (Å²) in [5.41, 5.74) is 1.28. The minimum absolute atomic E-state index is 1.00. The first-order valence-electron chi connectivity index (χ1n) is 3.87. The monoisotopic (exact) mass is 140 g/mol. The Labute approximate surface area is 63.1 Å². The van der Waals surface area contributed by atoms with Gasteiger partial charge >= 0.3 is 0 Å². The molecule has 0 unspecified atom stereocenters. The van der Waals surface area contributed by atoms with Crippen LogP contribution in [0.4, 0.5) is 0 Å².